The second-order valence-electron chi connectivity index (χ2n) is 3.43. The molecule has 0 amide bonds. The molecule has 5 nitrogen and oxygen atoms in total. The summed E-state index contributed by atoms with van der Waals surface area (Å²) in [7, 11) is 1.66. The highest BCUT2D eigenvalue weighted by molar-refractivity contribution is 5.45. The molecule has 0 spiro atoms. The lowest BCUT2D eigenvalue weighted by molar-refractivity contribution is 0.183. The van der Waals surface area contributed by atoms with Crippen LogP contribution in [0.2, 0.25) is 0 Å². The Bertz CT molecular complexity index is 296. The summed E-state index contributed by atoms with van der Waals surface area (Å²) in [5.74, 6) is 6.02. The van der Waals surface area contributed by atoms with Gasteiger partial charge in [-0.1, -0.05) is 0 Å². The van der Waals surface area contributed by atoms with Crippen LogP contribution in [0.3, 0.4) is 0 Å². The maximum atomic E-state index is 5.82. The smallest absolute Gasteiger partial charge is 0.128 e. The van der Waals surface area contributed by atoms with Gasteiger partial charge in [-0.15, -0.1) is 0 Å². The van der Waals surface area contributed by atoms with Crippen molar-refractivity contribution in [1.29, 1.82) is 0 Å². The number of pyridine rings is 1. The van der Waals surface area contributed by atoms with Crippen molar-refractivity contribution >= 4 is 5.82 Å². The van der Waals surface area contributed by atoms with Crippen LogP contribution in [0.1, 0.15) is 23.6 Å². The monoisotopic (exact) mass is 210 g/mol. The first-order valence-corrected chi connectivity index (χ1v) is 4.86. The van der Waals surface area contributed by atoms with Crippen molar-refractivity contribution in [2.24, 2.45) is 5.84 Å². The third-order valence-corrected chi connectivity index (χ3v) is 2.40. The number of hydrogen-bond acceptors (Lipinski definition) is 5. The molecular formula is C10H18N4O. The second-order valence-corrected chi connectivity index (χ2v) is 3.43. The van der Waals surface area contributed by atoms with E-state index < -0.39 is 0 Å². The van der Waals surface area contributed by atoms with Gasteiger partial charge < -0.3 is 10.5 Å². The molecule has 84 valence electrons. The van der Waals surface area contributed by atoms with Crippen molar-refractivity contribution in [2.45, 2.75) is 19.4 Å². The topological polar surface area (TPSA) is 86.2 Å². The minimum Gasteiger partial charge on any atom is -0.385 e. The first-order valence-electron chi connectivity index (χ1n) is 4.86. The molecule has 1 aromatic rings. The molecule has 1 atom stereocenters. The quantitative estimate of drug-likeness (QED) is 0.487. The SMILES string of the molecule is COCCC(NN)c1c(C)ccnc1N. The van der Waals surface area contributed by atoms with Crippen molar-refractivity contribution in [2.75, 3.05) is 19.5 Å². The number of aromatic nitrogens is 1. The summed E-state index contributed by atoms with van der Waals surface area (Å²) in [5.41, 5.74) is 10.6. The third-order valence-electron chi connectivity index (χ3n) is 2.40. The van der Waals surface area contributed by atoms with Crippen molar-refractivity contribution in [3.05, 3.63) is 23.4 Å². The highest BCUT2D eigenvalue weighted by atomic mass is 16.5. The van der Waals surface area contributed by atoms with E-state index in [1.54, 1.807) is 13.3 Å². The number of methoxy groups -OCH3 is 1. The first kappa shape index (κ1) is 11.9. The summed E-state index contributed by atoms with van der Waals surface area (Å²) in [6.07, 6.45) is 2.46. The molecule has 0 aliphatic heterocycles. The van der Waals surface area contributed by atoms with Gasteiger partial charge in [0.15, 0.2) is 0 Å². The minimum atomic E-state index is -0.0151. The second kappa shape index (κ2) is 5.65. The highest BCUT2D eigenvalue weighted by Crippen LogP contribution is 2.24. The summed E-state index contributed by atoms with van der Waals surface area (Å²) in [4.78, 5) is 4.06. The van der Waals surface area contributed by atoms with Crippen LogP contribution in [0.4, 0.5) is 5.82 Å². The number of nitrogens with zero attached hydrogens (tertiary/aromatic N) is 1. The largest absolute Gasteiger partial charge is 0.385 e. The van der Waals surface area contributed by atoms with Crippen molar-refractivity contribution in [3.63, 3.8) is 0 Å². The Kier molecular flexibility index (Phi) is 4.48. The third kappa shape index (κ3) is 2.89. The van der Waals surface area contributed by atoms with E-state index in [1.165, 1.54) is 0 Å². The van der Waals surface area contributed by atoms with Gasteiger partial charge in [-0.05, 0) is 25.0 Å². The van der Waals surface area contributed by atoms with Crippen LogP contribution in [0, 0.1) is 6.92 Å². The van der Waals surface area contributed by atoms with Gasteiger partial charge in [-0.25, -0.2) is 4.98 Å². The number of rotatable bonds is 5. The molecule has 0 aliphatic carbocycles. The number of ether oxygens (including phenoxy) is 1. The molecule has 0 bridgehead atoms. The lowest BCUT2D eigenvalue weighted by Gasteiger charge is -2.19. The summed E-state index contributed by atoms with van der Waals surface area (Å²) in [6, 6.07) is 1.90. The van der Waals surface area contributed by atoms with E-state index in [0.717, 1.165) is 17.5 Å². The van der Waals surface area contributed by atoms with Gasteiger partial charge >= 0.3 is 0 Å². The molecule has 1 unspecified atom stereocenters. The summed E-state index contributed by atoms with van der Waals surface area (Å²) < 4.78 is 5.02. The maximum Gasteiger partial charge on any atom is 0.128 e. The van der Waals surface area contributed by atoms with Gasteiger partial charge in [0.25, 0.3) is 0 Å². The maximum absolute atomic E-state index is 5.82. The van der Waals surface area contributed by atoms with Crippen molar-refractivity contribution < 1.29 is 4.74 Å². The van der Waals surface area contributed by atoms with Gasteiger partial charge in [0.2, 0.25) is 0 Å². The lowest BCUT2D eigenvalue weighted by Crippen LogP contribution is -2.30. The van der Waals surface area contributed by atoms with Crippen molar-refractivity contribution in [1.82, 2.24) is 10.4 Å². The molecule has 0 aliphatic rings. The van der Waals surface area contributed by atoms with Gasteiger partial charge in [0.05, 0.1) is 6.04 Å². The molecule has 15 heavy (non-hydrogen) atoms. The predicted octanol–water partition coefficient (Wildman–Crippen LogP) is 0.513. The molecule has 5 heteroatoms. The fourth-order valence-corrected chi connectivity index (χ4v) is 1.59. The molecule has 0 aromatic carbocycles. The Hall–Kier alpha value is -1.17. The molecule has 0 radical (unpaired) electrons. The molecule has 5 N–H and O–H groups in total. The molecule has 0 saturated heterocycles. The molecule has 1 aromatic heterocycles. The van der Waals surface area contributed by atoms with Crippen molar-refractivity contribution in [3.8, 4) is 0 Å². The van der Waals surface area contributed by atoms with E-state index in [4.69, 9.17) is 16.3 Å². The van der Waals surface area contributed by atoms with Crippen LogP contribution < -0.4 is 17.0 Å². The Morgan fingerprint density at radius 3 is 2.87 bits per heavy atom. The number of nitrogens with one attached hydrogen (secondary N) is 1. The molecular weight excluding hydrogens is 192 g/mol. The standard InChI is InChI=1S/C10H18N4O/c1-7-3-5-13-10(11)9(7)8(14-12)4-6-15-2/h3,5,8,14H,4,6,12H2,1-2H3,(H2,11,13). The van der Waals surface area contributed by atoms with Gasteiger partial charge in [0.1, 0.15) is 5.82 Å². The average molecular weight is 210 g/mol. The Morgan fingerprint density at radius 2 is 2.33 bits per heavy atom. The van der Waals surface area contributed by atoms with Gasteiger partial charge in [-0.3, -0.25) is 11.3 Å². The van der Waals surface area contributed by atoms with Crippen LogP contribution in [0.15, 0.2) is 12.3 Å². The van der Waals surface area contributed by atoms with E-state index in [1.807, 2.05) is 13.0 Å². The fraction of sp³-hybridized carbons (Fsp3) is 0.500. The van der Waals surface area contributed by atoms with E-state index >= 15 is 0 Å². The molecule has 0 saturated carbocycles. The number of aryl methyl sites for hydroxylation is 1. The van der Waals surface area contributed by atoms with E-state index in [9.17, 15) is 0 Å². The first-order chi connectivity index (χ1) is 7.20. The van der Waals surface area contributed by atoms with Gasteiger partial charge in [-0.2, -0.15) is 0 Å². The number of nitrogen functional groups attached to an aromatic ring is 1. The number of hydrogen-bond donors (Lipinski definition) is 3. The lowest BCUT2D eigenvalue weighted by atomic mass is 10.0. The van der Waals surface area contributed by atoms with Gasteiger partial charge in [0, 0.05) is 25.5 Å². The van der Waals surface area contributed by atoms with E-state index in [0.29, 0.717) is 12.4 Å². The Labute approximate surface area is 89.8 Å². The molecule has 1 heterocycles. The summed E-state index contributed by atoms with van der Waals surface area (Å²) in [6.45, 7) is 2.62. The number of anilines is 1. The van der Waals surface area contributed by atoms with Crippen LogP contribution in [0.5, 0.6) is 0 Å². The molecule has 1 rings (SSSR count). The van der Waals surface area contributed by atoms with Crippen LogP contribution in [0.25, 0.3) is 0 Å². The zero-order valence-electron chi connectivity index (χ0n) is 9.16. The average Bonchev–Trinajstić information content (AvgIpc) is 2.22. The van der Waals surface area contributed by atoms with Crippen LogP contribution >= 0.6 is 0 Å². The highest BCUT2D eigenvalue weighted by Gasteiger charge is 2.15. The normalized spacial score (nSPS) is 12.7. The number of nitrogens with two attached hydrogens (primary N) is 2. The van der Waals surface area contributed by atoms with Crippen LogP contribution in [-0.4, -0.2) is 18.7 Å². The summed E-state index contributed by atoms with van der Waals surface area (Å²) in [5, 5.41) is 0. The molecule has 0 fully saturated rings. The summed E-state index contributed by atoms with van der Waals surface area (Å²) >= 11 is 0. The zero-order chi connectivity index (χ0) is 11.3. The van der Waals surface area contributed by atoms with Crippen LogP contribution in [-0.2, 0) is 4.74 Å². The van der Waals surface area contributed by atoms with E-state index in [2.05, 4.69) is 10.4 Å². The zero-order valence-corrected chi connectivity index (χ0v) is 9.16. The Morgan fingerprint density at radius 1 is 1.60 bits per heavy atom. The van der Waals surface area contributed by atoms with E-state index in [-0.39, 0.29) is 6.04 Å². The predicted molar refractivity (Wildman–Crippen MR) is 59.9 cm³/mol. The number of hydrazine groups is 1. The Balaban J connectivity index is 2.90. The minimum absolute atomic E-state index is 0.0151. The fourth-order valence-electron chi connectivity index (χ4n) is 1.59.